The lowest BCUT2D eigenvalue weighted by atomic mass is 10.2. The number of ether oxygens (including phenoxy) is 1. The molecule has 0 aliphatic carbocycles. The van der Waals surface area contributed by atoms with Gasteiger partial charge in [0.1, 0.15) is 0 Å². The molecule has 0 aromatic carbocycles. The van der Waals surface area contributed by atoms with Gasteiger partial charge >= 0.3 is 0 Å². The van der Waals surface area contributed by atoms with Crippen molar-refractivity contribution in [3.05, 3.63) is 11.9 Å². The van der Waals surface area contributed by atoms with Gasteiger partial charge in [-0.25, -0.2) is 4.68 Å². The highest BCUT2D eigenvalue weighted by atomic mass is 16.5. The van der Waals surface area contributed by atoms with Gasteiger partial charge in [0.25, 0.3) is 0 Å². The topological polar surface area (TPSA) is 52.0 Å². The van der Waals surface area contributed by atoms with E-state index in [1.807, 2.05) is 10.9 Å². The molecular formula is C11H22N4O. The van der Waals surface area contributed by atoms with Gasteiger partial charge in [0.05, 0.1) is 18.5 Å². The van der Waals surface area contributed by atoms with Crippen LogP contribution in [-0.2, 0) is 17.7 Å². The van der Waals surface area contributed by atoms with Crippen molar-refractivity contribution in [2.75, 3.05) is 26.8 Å². The molecule has 1 N–H and O–H groups in total. The van der Waals surface area contributed by atoms with Crippen molar-refractivity contribution in [2.24, 2.45) is 0 Å². The Morgan fingerprint density at radius 2 is 2.31 bits per heavy atom. The molecule has 0 amide bonds. The molecule has 1 aromatic heterocycles. The number of nitrogens with zero attached hydrogens (tertiary/aromatic N) is 3. The van der Waals surface area contributed by atoms with Crippen LogP contribution in [0.4, 0.5) is 0 Å². The highest BCUT2D eigenvalue weighted by Crippen LogP contribution is 2.01. The second kappa shape index (κ2) is 8.24. The molecule has 1 aromatic rings. The van der Waals surface area contributed by atoms with Crippen molar-refractivity contribution < 1.29 is 4.74 Å². The number of rotatable bonds is 9. The first-order chi connectivity index (χ1) is 7.88. The number of aromatic nitrogens is 3. The van der Waals surface area contributed by atoms with Crippen molar-refractivity contribution >= 4 is 0 Å². The van der Waals surface area contributed by atoms with E-state index in [0.29, 0.717) is 0 Å². The number of aryl methyl sites for hydroxylation is 2. The Hall–Kier alpha value is -0.940. The monoisotopic (exact) mass is 226 g/mol. The Morgan fingerprint density at radius 1 is 1.44 bits per heavy atom. The average Bonchev–Trinajstić information content (AvgIpc) is 2.72. The number of nitrogens with one attached hydrogen (secondary N) is 1. The van der Waals surface area contributed by atoms with Crippen LogP contribution >= 0.6 is 0 Å². The van der Waals surface area contributed by atoms with Gasteiger partial charge in [-0.2, -0.15) is 0 Å². The summed E-state index contributed by atoms with van der Waals surface area (Å²) < 4.78 is 6.95. The lowest BCUT2D eigenvalue weighted by Crippen LogP contribution is -2.21. The maximum absolute atomic E-state index is 4.96. The van der Waals surface area contributed by atoms with Gasteiger partial charge in [-0.05, 0) is 25.8 Å². The molecule has 0 atom stereocenters. The Morgan fingerprint density at radius 3 is 3.06 bits per heavy atom. The molecule has 0 fully saturated rings. The van der Waals surface area contributed by atoms with Crippen LogP contribution in [0.15, 0.2) is 6.20 Å². The van der Waals surface area contributed by atoms with Crippen LogP contribution in [-0.4, -0.2) is 41.8 Å². The van der Waals surface area contributed by atoms with Crippen LogP contribution in [0.1, 0.15) is 25.5 Å². The van der Waals surface area contributed by atoms with Gasteiger partial charge in [-0.1, -0.05) is 12.1 Å². The van der Waals surface area contributed by atoms with Gasteiger partial charge in [-0.15, -0.1) is 5.10 Å². The molecule has 0 unspecified atom stereocenters. The maximum Gasteiger partial charge on any atom is 0.0725 e. The standard InChI is InChI=1S/C11H22N4O/c1-3-8-15-11(10-13-14-15)5-4-6-12-7-9-16-2/h10,12H,3-9H2,1-2H3. The van der Waals surface area contributed by atoms with Crippen molar-refractivity contribution in [1.29, 1.82) is 0 Å². The lowest BCUT2D eigenvalue weighted by molar-refractivity contribution is 0.199. The molecule has 0 saturated heterocycles. The van der Waals surface area contributed by atoms with E-state index in [1.165, 1.54) is 5.69 Å². The van der Waals surface area contributed by atoms with E-state index < -0.39 is 0 Å². The van der Waals surface area contributed by atoms with Crippen LogP contribution in [0, 0.1) is 0 Å². The van der Waals surface area contributed by atoms with Gasteiger partial charge in [0.15, 0.2) is 0 Å². The molecule has 5 nitrogen and oxygen atoms in total. The molecule has 5 heteroatoms. The van der Waals surface area contributed by atoms with E-state index in [9.17, 15) is 0 Å². The summed E-state index contributed by atoms with van der Waals surface area (Å²) in [6.45, 7) is 5.82. The maximum atomic E-state index is 4.96. The second-order valence-corrected chi connectivity index (χ2v) is 3.79. The molecule has 0 radical (unpaired) electrons. The Bertz CT molecular complexity index is 275. The van der Waals surface area contributed by atoms with Crippen LogP contribution in [0.3, 0.4) is 0 Å². The van der Waals surface area contributed by atoms with E-state index in [2.05, 4.69) is 22.6 Å². The Balaban J connectivity index is 2.13. The first-order valence-electron chi connectivity index (χ1n) is 5.95. The Labute approximate surface area is 97.2 Å². The Kier molecular flexibility index (Phi) is 6.76. The fraction of sp³-hybridized carbons (Fsp3) is 0.818. The van der Waals surface area contributed by atoms with E-state index >= 15 is 0 Å². The summed E-state index contributed by atoms with van der Waals surface area (Å²) in [5.74, 6) is 0. The van der Waals surface area contributed by atoms with Crippen molar-refractivity contribution in [3.63, 3.8) is 0 Å². The zero-order valence-electron chi connectivity index (χ0n) is 10.3. The summed E-state index contributed by atoms with van der Waals surface area (Å²) in [6.07, 6.45) is 5.11. The molecular weight excluding hydrogens is 204 g/mol. The molecule has 92 valence electrons. The van der Waals surface area contributed by atoms with Gasteiger partial charge < -0.3 is 10.1 Å². The predicted octanol–water partition coefficient (Wildman–Crippen LogP) is 0.857. The summed E-state index contributed by atoms with van der Waals surface area (Å²) in [5.41, 5.74) is 1.23. The summed E-state index contributed by atoms with van der Waals surface area (Å²) in [5, 5.41) is 11.3. The number of methoxy groups -OCH3 is 1. The molecule has 0 bridgehead atoms. The first kappa shape index (κ1) is 13.1. The third-order valence-corrected chi connectivity index (χ3v) is 2.40. The summed E-state index contributed by atoms with van der Waals surface area (Å²) in [7, 11) is 1.72. The van der Waals surface area contributed by atoms with E-state index in [4.69, 9.17) is 4.74 Å². The number of hydrogen-bond donors (Lipinski definition) is 1. The van der Waals surface area contributed by atoms with Gasteiger partial charge in [0, 0.05) is 20.2 Å². The SMILES string of the molecule is CCCn1nncc1CCCNCCOC. The fourth-order valence-electron chi connectivity index (χ4n) is 1.57. The zero-order valence-corrected chi connectivity index (χ0v) is 10.3. The molecule has 0 aliphatic heterocycles. The van der Waals surface area contributed by atoms with Gasteiger partial charge in [-0.3, -0.25) is 0 Å². The second-order valence-electron chi connectivity index (χ2n) is 3.79. The van der Waals surface area contributed by atoms with E-state index in [0.717, 1.165) is 45.5 Å². The molecule has 1 rings (SSSR count). The predicted molar refractivity (Wildman–Crippen MR) is 63.4 cm³/mol. The summed E-state index contributed by atoms with van der Waals surface area (Å²) in [4.78, 5) is 0. The average molecular weight is 226 g/mol. The molecule has 0 spiro atoms. The third kappa shape index (κ3) is 4.72. The van der Waals surface area contributed by atoms with Crippen molar-refractivity contribution in [3.8, 4) is 0 Å². The molecule has 16 heavy (non-hydrogen) atoms. The highest BCUT2D eigenvalue weighted by molar-refractivity contribution is 4.93. The highest BCUT2D eigenvalue weighted by Gasteiger charge is 2.01. The summed E-state index contributed by atoms with van der Waals surface area (Å²) in [6, 6.07) is 0. The summed E-state index contributed by atoms with van der Waals surface area (Å²) >= 11 is 0. The minimum Gasteiger partial charge on any atom is -0.383 e. The largest absolute Gasteiger partial charge is 0.383 e. The molecule has 0 aliphatic rings. The third-order valence-electron chi connectivity index (χ3n) is 2.40. The number of hydrogen-bond acceptors (Lipinski definition) is 4. The van der Waals surface area contributed by atoms with Crippen molar-refractivity contribution in [1.82, 2.24) is 20.3 Å². The van der Waals surface area contributed by atoms with E-state index in [1.54, 1.807) is 7.11 Å². The zero-order chi connectivity index (χ0) is 11.6. The normalized spacial score (nSPS) is 10.9. The van der Waals surface area contributed by atoms with Crippen molar-refractivity contribution in [2.45, 2.75) is 32.7 Å². The van der Waals surface area contributed by atoms with Crippen LogP contribution in [0.5, 0.6) is 0 Å². The lowest BCUT2D eigenvalue weighted by Gasteiger charge is -2.05. The van der Waals surface area contributed by atoms with Crippen LogP contribution < -0.4 is 5.32 Å². The first-order valence-corrected chi connectivity index (χ1v) is 5.95. The van der Waals surface area contributed by atoms with Crippen LogP contribution in [0.2, 0.25) is 0 Å². The quantitative estimate of drug-likeness (QED) is 0.634. The molecule has 0 saturated carbocycles. The smallest absolute Gasteiger partial charge is 0.0725 e. The van der Waals surface area contributed by atoms with Crippen LogP contribution in [0.25, 0.3) is 0 Å². The minimum absolute atomic E-state index is 0.773. The van der Waals surface area contributed by atoms with E-state index in [-0.39, 0.29) is 0 Å². The fourth-order valence-corrected chi connectivity index (χ4v) is 1.57. The molecule has 1 heterocycles. The minimum atomic E-state index is 0.773. The van der Waals surface area contributed by atoms with Gasteiger partial charge in [0.2, 0.25) is 0 Å².